The van der Waals surface area contributed by atoms with Crippen molar-refractivity contribution in [3.63, 3.8) is 0 Å². The van der Waals surface area contributed by atoms with E-state index in [1.807, 2.05) is 13.8 Å². The molecule has 0 saturated carbocycles. The molecule has 1 aromatic carbocycles. The standard InChI is InChI=1S/C13H15N.C2H6/c1-2-11-6-8-12(9-7-11)13-5-3-4-10-14-13;1-2/h3,5-9H,2,4,10H2,1H3;1-2H3. The topological polar surface area (TPSA) is 12.4 Å². The SMILES string of the molecule is CC.CCc1ccc(C2=NCCC=C2)cc1. The molecule has 1 aromatic rings. The monoisotopic (exact) mass is 215 g/mol. The molecule has 1 aliphatic heterocycles. The Labute approximate surface area is 98.9 Å². The van der Waals surface area contributed by atoms with Gasteiger partial charge in [-0.25, -0.2) is 0 Å². The number of dihydropyridines is 1. The molecule has 1 heterocycles. The Morgan fingerprint density at radius 2 is 1.81 bits per heavy atom. The summed E-state index contributed by atoms with van der Waals surface area (Å²) < 4.78 is 0. The van der Waals surface area contributed by atoms with Gasteiger partial charge in [-0.15, -0.1) is 0 Å². The number of allylic oxidation sites excluding steroid dienone is 1. The van der Waals surface area contributed by atoms with Crippen LogP contribution in [0.4, 0.5) is 0 Å². The van der Waals surface area contributed by atoms with Crippen LogP contribution in [-0.4, -0.2) is 12.3 Å². The van der Waals surface area contributed by atoms with Crippen molar-refractivity contribution in [1.29, 1.82) is 0 Å². The lowest BCUT2D eigenvalue weighted by atomic mass is 10.0. The summed E-state index contributed by atoms with van der Waals surface area (Å²) in [7, 11) is 0. The Hall–Kier alpha value is -1.37. The van der Waals surface area contributed by atoms with Crippen LogP contribution in [-0.2, 0) is 6.42 Å². The first-order chi connectivity index (χ1) is 7.90. The molecule has 0 aliphatic carbocycles. The van der Waals surface area contributed by atoms with E-state index >= 15 is 0 Å². The molecular weight excluding hydrogens is 194 g/mol. The normalized spacial score (nSPS) is 13.8. The zero-order valence-corrected chi connectivity index (χ0v) is 10.5. The second kappa shape index (κ2) is 7.00. The zero-order chi connectivity index (χ0) is 11.8. The second-order valence-corrected chi connectivity index (χ2v) is 3.51. The molecule has 86 valence electrons. The summed E-state index contributed by atoms with van der Waals surface area (Å²) in [6.07, 6.45) is 6.49. The van der Waals surface area contributed by atoms with Gasteiger partial charge in [-0.3, -0.25) is 4.99 Å². The zero-order valence-electron chi connectivity index (χ0n) is 10.5. The molecule has 0 spiro atoms. The minimum atomic E-state index is 0.932. The van der Waals surface area contributed by atoms with Crippen LogP contribution in [0.3, 0.4) is 0 Å². The van der Waals surface area contributed by atoms with Crippen LogP contribution >= 0.6 is 0 Å². The van der Waals surface area contributed by atoms with E-state index in [-0.39, 0.29) is 0 Å². The molecule has 0 aromatic heterocycles. The van der Waals surface area contributed by atoms with E-state index in [1.54, 1.807) is 0 Å². The molecule has 0 radical (unpaired) electrons. The van der Waals surface area contributed by atoms with Gasteiger partial charge in [0, 0.05) is 6.54 Å². The summed E-state index contributed by atoms with van der Waals surface area (Å²) in [5, 5.41) is 0. The molecule has 1 heteroatoms. The lowest BCUT2D eigenvalue weighted by Crippen LogP contribution is -2.02. The number of benzene rings is 1. The van der Waals surface area contributed by atoms with Gasteiger partial charge in [0.15, 0.2) is 0 Å². The second-order valence-electron chi connectivity index (χ2n) is 3.51. The molecule has 0 amide bonds. The Morgan fingerprint density at radius 1 is 1.12 bits per heavy atom. The first-order valence-electron chi connectivity index (χ1n) is 6.20. The highest BCUT2D eigenvalue weighted by molar-refractivity contribution is 6.09. The van der Waals surface area contributed by atoms with Crippen LogP contribution < -0.4 is 0 Å². The highest BCUT2D eigenvalue weighted by Gasteiger charge is 2.01. The van der Waals surface area contributed by atoms with Gasteiger partial charge in [0.25, 0.3) is 0 Å². The van der Waals surface area contributed by atoms with Crippen molar-refractivity contribution in [3.8, 4) is 0 Å². The van der Waals surface area contributed by atoms with E-state index < -0.39 is 0 Å². The third kappa shape index (κ3) is 3.34. The van der Waals surface area contributed by atoms with E-state index in [1.165, 1.54) is 11.1 Å². The Bertz CT molecular complexity index is 358. The lowest BCUT2D eigenvalue weighted by Gasteiger charge is -2.06. The highest BCUT2D eigenvalue weighted by atomic mass is 14.7. The van der Waals surface area contributed by atoms with Gasteiger partial charge < -0.3 is 0 Å². The fourth-order valence-corrected chi connectivity index (χ4v) is 1.61. The number of hydrogen-bond acceptors (Lipinski definition) is 1. The van der Waals surface area contributed by atoms with Crippen molar-refractivity contribution in [2.45, 2.75) is 33.6 Å². The summed E-state index contributed by atoms with van der Waals surface area (Å²) in [5.74, 6) is 0. The van der Waals surface area contributed by atoms with Crippen LogP contribution in [0.5, 0.6) is 0 Å². The number of rotatable bonds is 2. The third-order valence-corrected chi connectivity index (χ3v) is 2.51. The molecular formula is C15H21N. The molecule has 0 N–H and O–H groups in total. The summed E-state index contributed by atoms with van der Waals surface area (Å²) in [5.41, 5.74) is 3.74. The predicted octanol–water partition coefficient (Wildman–Crippen LogP) is 4.02. The maximum absolute atomic E-state index is 4.49. The number of hydrogen-bond donors (Lipinski definition) is 0. The van der Waals surface area contributed by atoms with Gasteiger partial charge in [-0.2, -0.15) is 0 Å². The van der Waals surface area contributed by atoms with Gasteiger partial charge in [0.05, 0.1) is 5.71 Å². The van der Waals surface area contributed by atoms with Crippen molar-refractivity contribution in [3.05, 3.63) is 47.5 Å². The van der Waals surface area contributed by atoms with Crippen molar-refractivity contribution in [2.75, 3.05) is 6.54 Å². The van der Waals surface area contributed by atoms with Crippen LogP contribution in [0.15, 0.2) is 41.4 Å². The first-order valence-corrected chi connectivity index (χ1v) is 6.20. The third-order valence-electron chi connectivity index (χ3n) is 2.51. The predicted molar refractivity (Wildman–Crippen MR) is 72.3 cm³/mol. The molecule has 0 saturated heterocycles. The van der Waals surface area contributed by atoms with Crippen LogP contribution in [0.1, 0.15) is 38.3 Å². The summed E-state index contributed by atoms with van der Waals surface area (Å²) >= 11 is 0. The molecule has 1 aliphatic rings. The Kier molecular flexibility index (Phi) is 5.55. The molecule has 0 bridgehead atoms. The summed E-state index contributed by atoms with van der Waals surface area (Å²) in [4.78, 5) is 4.49. The van der Waals surface area contributed by atoms with Crippen LogP contribution in [0.25, 0.3) is 0 Å². The quantitative estimate of drug-likeness (QED) is 0.706. The Morgan fingerprint density at radius 3 is 2.31 bits per heavy atom. The Balaban J connectivity index is 0.000000606. The molecule has 0 unspecified atom stereocenters. The molecule has 1 nitrogen and oxygen atoms in total. The van der Waals surface area contributed by atoms with Gasteiger partial charge in [0.1, 0.15) is 0 Å². The average Bonchev–Trinajstić information content (AvgIpc) is 2.42. The van der Waals surface area contributed by atoms with E-state index in [2.05, 4.69) is 48.3 Å². The van der Waals surface area contributed by atoms with Gasteiger partial charge in [-0.05, 0) is 30.0 Å². The molecule has 16 heavy (non-hydrogen) atoms. The van der Waals surface area contributed by atoms with Gasteiger partial charge in [-0.1, -0.05) is 51.1 Å². The smallest absolute Gasteiger partial charge is 0.0643 e. The van der Waals surface area contributed by atoms with Crippen molar-refractivity contribution in [1.82, 2.24) is 0 Å². The number of aryl methyl sites for hydroxylation is 1. The van der Waals surface area contributed by atoms with E-state index in [9.17, 15) is 0 Å². The fourth-order valence-electron chi connectivity index (χ4n) is 1.61. The molecule has 0 fully saturated rings. The number of aliphatic imine (C=N–C) groups is 1. The fraction of sp³-hybridized carbons (Fsp3) is 0.400. The molecule has 0 atom stereocenters. The lowest BCUT2D eigenvalue weighted by molar-refractivity contribution is 0.994. The van der Waals surface area contributed by atoms with Crippen molar-refractivity contribution >= 4 is 5.71 Å². The van der Waals surface area contributed by atoms with Gasteiger partial charge >= 0.3 is 0 Å². The number of nitrogens with zero attached hydrogens (tertiary/aromatic N) is 1. The largest absolute Gasteiger partial charge is 0.284 e. The van der Waals surface area contributed by atoms with E-state index in [0.29, 0.717) is 0 Å². The molecule has 2 rings (SSSR count). The van der Waals surface area contributed by atoms with Crippen molar-refractivity contribution < 1.29 is 0 Å². The van der Waals surface area contributed by atoms with Crippen molar-refractivity contribution in [2.24, 2.45) is 4.99 Å². The maximum Gasteiger partial charge on any atom is 0.0643 e. The first kappa shape index (κ1) is 12.7. The minimum absolute atomic E-state index is 0.932. The van der Waals surface area contributed by atoms with Crippen LogP contribution in [0.2, 0.25) is 0 Å². The highest BCUT2D eigenvalue weighted by Crippen LogP contribution is 2.09. The van der Waals surface area contributed by atoms with Crippen LogP contribution in [0, 0.1) is 0 Å². The summed E-state index contributed by atoms with van der Waals surface area (Å²) in [6.45, 7) is 7.11. The van der Waals surface area contributed by atoms with E-state index in [0.717, 1.165) is 25.1 Å². The average molecular weight is 215 g/mol. The maximum atomic E-state index is 4.49. The minimum Gasteiger partial charge on any atom is -0.284 e. The van der Waals surface area contributed by atoms with E-state index in [4.69, 9.17) is 0 Å². The summed E-state index contributed by atoms with van der Waals surface area (Å²) in [6, 6.07) is 8.68. The van der Waals surface area contributed by atoms with Gasteiger partial charge in [0.2, 0.25) is 0 Å².